The fraction of sp³-hybridized carbons (Fsp3) is 0.316. The number of hydrogen-bond donors (Lipinski definition) is 1. The third-order valence-corrected chi connectivity index (χ3v) is 5.02. The molecule has 2 atom stereocenters. The van der Waals surface area contributed by atoms with E-state index in [2.05, 4.69) is 0 Å². The number of hydrogen-bond acceptors (Lipinski definition) is 4. The van der Waals surface area contributed by atoms with Gasteiger partial charge in [-0.2, -0.15) is 0 Å². The van der Waals surface area contributed by atoms with Gasteiger partial charge in [-0.25, -0.2) is 0 Å². The highest BCUT2D eigenvalue weighted by Crippen LogP contribution is 2.40. The van der Waals surface area contributed by atoms with Crippen molar-refractivity contribution < 1.29 is 19.4 Å². The zero-order valence-corrected chi connectivity index (χ0v) is 14.3. The summed E-state index contributed by atoms with van der Waals surface area (Å²) >= 11 is 6.20. The maximum absolute atomic E-state index is 11.7. The molecule has 5 nitrogen and oxygen atoms in total. The van der Waals surface area contributed by atoms with Gasteiger partial charge in [-0.05, 0) is 48.2 Å². The lowest BCUT2D eigenvalue weighted by Gasteiger charge is -2.32. The molecular formula is C19H18ClNO4. The van der Waals surface area contributed by atoms with Crippen molar-refractivity contribution >= 4 is 17.6 Å². The summed E-state index contributed by atoms with van der Waals surface area (Å²) in [5, 5.41) is 10.3. The van der Waals surface area contributed by atoms with E-state index in [1.54, 1.807) is 0 Å². The molecule has 1 N–H and O–H groups in total. The van der Waals surface area contributed by atoms with Gasteiger partial charge in [-0.1, -0.05) is 29.8 Å². The van der Waals surface area contributed by atoms with Gasteiger partial charge in [0, 0.05) is 11.6 Å². The molecule has 0 aromatic heterocycles. The number of carboxylic acid groups (broad SMARTS) is 1. The lowest BCUT2D eigenvalue weighted by Crippen LogP contribution is -2.39. The van der Waals surface area contributed by atoms with Gasteiger partial charge in [0.25, 0.3) is 0 Å². The monoisotopic (exact) mass is 359 g/mol. The van der Waals surface area contributed by atoms with Crippen LogP contribution in [-0.2, 0) is 4.79 Å². The van der Waals surface area contributed by atoms with Crippen LogP contribution in [0.25, 0.3) is 0 Å². The summed E-state index contributed by atoms with van der Waals surface area (Å²) in [5.74, 6) is 0.616. The summed E-state index contributed by atoms with van der Waals surface area (Å²) in [7, 11) is 0. The zero-order chi connectivity index (χ0) is 17.4. The van der Waals surface area contributed by atoms with Crippen LogP contribution in [0.3, 0.4) is 0 Å². The van der Waals surface area contributed by atoms with Gasteiger partial charge >= 0.3 is 5.97 Å². The summed E-state index contributed by atoms with van der Waals surface area (Å²) in [5.41, 5.74) is 1.94. The molecule has 0 aliphatic carbocycles. The number of ether oxygens (including phenoxy) is 2. The molecule has 2 aromatic rings. The minimum Gasteiger partial charge on any atom is -0.480 e. The Morgan fingerprint density at radius 1 is 1.16 bits per heavy atom. The topological polar surface area (TPSA) is 59.0 Å². The number of rotatable bonds is 4. The average Bonchev–Trinajstić information content (AvgIpc) is 3.24. The third-order valence-electron chi connectivity index (χ3n) is 4.79. The number of aliphatic carboxylic acids is 1. The van der Waals surface area contributed by atoms with Crippen LogP contribution >= 0.6 is 11.6 Å². The molecule has 4 rings (SSSR count). The zero-order valence-electron chi connectivity index (χ0n) is 13.5. The van der Waals surface area contributed by atoms with E-state index in [9.17, 15) is 9.90 Å². The molecule has 2 heterocycles. The van der Waals surface area contributed by atoms with Crippen LogP contribution in [0, 0.1) is 0 Å². The Morgan fingerprint density at radius 2 is 1.96 bits per heavy atom. The quantitative estimate of drug-likeness (QED) is 0.901. The molecule has 0 amide bonds. The maximum Gasteiger partial charge on any atom is 0.320 e. The standard InChI is InChI=1S/C19H18ClNO4/c20-14-4-1-3-12(9-14)18(21-8-2-5-15(21)19(22)23)13-6-7-16-17(10-13)25-11-24-16/h1,3-4,6-7,9-10,15,18H,2,5,8,11H2,(H,22,23). The Labute approximate surface area is 150 Å². The van der Waals surface area contributed by atoms with Crippen molar-refractivity contribution in [1.29, 1.82) is 0 Å². The molecule has 0 bridgehead atoms. The number of benzene rings is 2. The summed E-state index contributed by atoms with van der Waals surface area (Å²) in [6, 6.07) is 12.7. The second-order valence-corrected chi connectivity index (χ2v) is 6.74. The van der Waals surface area contributed by atoms with Gasteiger partial charge in [0.2, 0.25) is 6.79 Å². The second kappa shape index (κ2) is 6.58. The van der Waals surface area contributed by atoms with Gasteiger partial charge in [0.1, 0.15) is 6.04 Å². The van der Waals surface area contributed by atoms with Crippen molar-refractivity contribution in [3.8, 4) is 11.5 Å². The lowest BCUT2D eigenvalue weighted by atomic mass is 9.96. The van der Waals surface area contributed by atoms with E-state index in [0.717, 1.165) is 24.1 Å². The smallest absolute Gasteiger partial charge is 0.320 e. The molecule has 1 fully saturated rings. The van der Waals surface area contributed by atoms with Crippen LogP contribution in [-0.4, -0.2) is 35.4 Å². The Hall–Kier alpha value is -2.24. The maximum atomic E-state index is 11.7. The SMILES string of the molecule is O=C(O)C1CCCN1C(c1cccc(Cl)c1)c1ccc2c(c1)OCO2. The summed E-state index contributed by atoms with van der Waals surface area (Å²) < 4.78 is 10.9. The first-order valence-electron chi connectivity index (χ1n) is 8.27. The Kier molecular flexibility index (Phi) is 4.27. The summed E-state index contributed by atoms with van der Waals surface area (Å²) in [6.07, 6.45) is 1.51. The van der Waals surface area contributed by atoms with Crippen molar-refractivity contribution in [3.05, 3.63) is 58.6 Å². The molecule has 130 valence electrons. The second-order valence-electron chi connectivity index (χ2n) is 6.30. The van der Waals surface area contributed by atoms with Crippen molar-refractivity contribution in [2.45, 2.75) is 24.9 Å². The third kappa shape index (κ3) is 3.05. The van der Waals surface area contributed by atoms with E-state index in [1.165, 1.54) is 0 Å². The van der Waals surface area contributed by atoms with Gasteiger partial charge < -0.3 is 14.6 Å². The predicted octanol–water partition coefficient (Wildman–Crippen LogP) is 3.71. The highest BCUT2D eigenvalue weighted by Gasteiger charge is 2.37. The lowest BCUT2D eigenvalue weighted by molar-refractivity contribution is -0.142. The van der Waals surface area contributed by atoms with Gasteiger partial charge in [-0.3, -0.25) is 9.69 Å². The molecule has 0 spiro atoms. The highest BCUT2D eigenvalue weighted by atomic mass is 35.5. The van der Waals surface area contributed by atoms with Crippen molar-refractivity contribution in [2.75, 3.05) is 13.3 Å². The Balaban J connectivity index is 1.80. The number of carboxylic acids is 1. The minimum absolute atomic E-state index is 0.197. The van der Waals surface area contributed by atoms with E-state index < -0.39 is 12.0 Å². The van der Waals surface area contributed by atoms with Crippen molar-refractivity contribution in [2.24, 2.45) is 0 Å². The number of nitrogens with zero attached hydrogens (tertiary/aromatic N) is 1. The molecule has 0 radical (unpaired) electrons. The minimum atomic E-state index is -0.787. The Bertz CT molecular complexity index is 810. The van der Waals surface area contributed by atoms with Crippen LogP contribution < -0.4 is 9.47 Å². The number of fused-ring (bicyclic) bond motifs is 1. The average molecular weight is 360 g/mol. The highest BCUT2D eigenvalue weighted by molar-refractivity contribution is 6.30. The van der Waals surface area contributed by atoms with Crippen LogP contribution in [0.2, 0.25) is 5.02 Å². The van der Waals surface area contributed by atoms with E-state index in [0.29, 0.717) is 22.9 Å². The fourth-order valence-corrected chi connectivity index (χ4v) is 3.90. The van der Waals surface area contributed by atoms with Crippen LogP contribution in [0.15, 0.2) is 42.5 Å². The molecule has 2 unspecified atom stereocenters. The van der Waals surface area contributed by atoms with Gasteiger partial charge in [0.05, 0.1) is 6.04 Å². The molecule has 1 saturated heterocycles. The van der Waals surface area contributed by atoms with Gasteiger partial charge in [-0.15, -0.1) is 0 Å². The predicted molar refractivity (Wildman–Crippen MR) is 93.2 cm³/mol. The number of halogens is 1. The van der Waals surface area contributed by atoms with Crippen molar-refractivity contribution in [3.63, 3.8) is 0 Å². The van der Waals surface area contributed by atoms with E-state index in [1.807, 2.05) is 47.4 Å². The molecular weight excluding hydrogens is 342 g/mol. The first-order valence-corrected chi connectivity index (χ1v) is 8.65. The summed E-state index contributed by atoms with van der Waals surface area (Å²) in [4.78, 5) is 13.8. The van der Waals surface area contributed by atoms with Crippen LogP contribution in [0.4, 0.5) is 0 Å². The van der Waals surface area contributed by atoms with E-state index in [-0.39, 0.29) is 12.8 Å². The molecule has 2 aliphatic rings. The molecule has 0 saturated carbocycles. The Morgan fingerprint density at radius 3 is 2.76 bits per heavy atom. The fourth-order valence-electron chi connectivity index (χ4n) is 3.70. The number of likely N-dealkylation sites (tertiary alicyclic amines) is 1. The van der Waals surface area contributed by atoms with Crippen LogP contribution in [0.5, 0.6) is 11.5 Å². The van der Waals surface area contributed by atoms with Crippen molar-refractivity contribution in [1.82, 2.24) is 4.90 Å². The molecule has 2 aliphatic heterocycles. The van der Waals surface area contributed by atoms with Gasteiger partial charge in [0.15, 0.2) is 11.5 Å². The first-order chi connectivity index (χ1) is 12.1. The first kappa shape index (κ1) is 16.2. The normalized spacial score (nSPS) is 20.6. The van der Waals surface area contributed by atoms with E-state index in [4.69, 9.17) is 21.1 Å². The number of carbonyl (C=O) groups is 1. The molecule has 2 aromatic carbocycles. The summed E-state index contributed by atoms with van der Waals surface area (Å²) in [6.45, 7) is 0.935. The largest absolute Gasteiger partial charge is 0.480 e. The van der Waals surface area contributed by atoms with E-state index >= 15 is 0 Å². The van der Waals surface area contributed by atoms with Crippen LogP contribution in [0.1, 0.15) is 30.0 Å². The molecule has 6 heteroatoms. The molecule has 25 heavy (non-hydrogen) atoms.